The number of dihydropyridines is 1. The lowest BCUT2D eigenvalue weighted by Gasteiger charge is -2.38. The zero-order valence-corrected chi connectivity index (χ0v) is 17.6. The van der Waals surface area contributed by atoms with Crippen molar-refractivity contribution >= 4 is 29.3 Å². The molecule has 0 radical (unpaired) electrons. The van der Waals surface area contributed by atoms with E-state index in [4.69, 9.17) is 21.1 Å². The number of rotatable bonds is 4. The Bertz CT molecular complexity index is 933. The summed E-state index contributed by atoms with van der Waals surface area (Å²) in [6.07, 6.45) is 0.491. The van der Waals surface area contributed by atoms with Gasteiger partial charge in [0.05, 0.1) is 19.3 Å². The van der Waals surface area contributed by atoms with Crippen molar-refractivity contribution < 1.29 is 23.9 Å². The van der Waals surface area contributed by atoms with Gasteiger partial charge in [0.1, 0.15) is 5.92 Å². The summed E-state index contributed by atoms with van der Waals surface area (Å²) in [5.74, 6) is -3.21. The van der Waals surface area contributed by atoms with Crippen LogP contribution in [-0.2, 0) is 23.9 Å². The first-order valence-corrected chi connectivity index (χ1v) is 9.93. The Hall–Kier alpha value is -2.60. The number of nitrogens with one attached hydrogen (secondary N) is 1. The van der Waals surface area contributed by atoms with Crippen molar-refractivity contribution in [2.24, 2.45) is 11.8 Å². The zero-order valence-electron chi connectivity index (χ0n) is 16.9. The molecule has 1 aliphatic carbocycles. The first kappa shape index (κ1) is 21.1. The monoisotopic (exact) mass is 417 g/mol. The number of Topliss-reactive ketones (excluding diaryl/α,β-unsaturated/α-hetero) is 1. The second-order valence-corrected chi connectivity index (χ2v) is 7.75. The molecule has 0 fully saturated rings. The summed E-state index contributed by atoms with van der Waals surface area (Å²) < 4.78 is 10.1. The van der Waals surface area contributed by atoms with Crippen LogP contribution >= 0.6 is 11.6 Å². The predicted octanol–water partition coefficient (Wildman–Crippen LogP) is 3.52. The third-order valence-electron chi connectivity index (χ3n) is 5.42. The average Bonchev–Trinajstić information content (AvgIpc) is 2.66. The van der Waals surface area contributed by atoms with Crippen LogP contribution in [0.1, 0.15) is 38.7 Å². The van der Waals surface area contributed by atoms with Crippen molar-refractivity contribution in [2.45, 2.75) is 33.1 Å². The smallest absolute Gasteiger partial charge is 0.336 e. The second kappa shape index (κ2) is 8.41. The summed E-state index contributed by atoms with van der Waals surface area (Å²) in [5.41, 5.74) is 2.79. The third kappa shape index (κ3) is 3.81. The topological polar surface area (TPSA) is 81.7 Å². The Labute approximate surface area is 174 Å². The number of carbonyl (C=O) groups excluding carboxylic acids is 3. The SMILES string of the molecule is CCOC(=O)C1=C(C)NC2=C(C(=O)[C@H](C(=O)OC)[C@@H](C)C2)[C@@H]1c1cccc(Cl)c1. The Morgan fingerprint density at radius 3 is 2.66 bits per heavy atom. The van der Waals surface area contributed by atoms with E-state index in [9.17, 15) is 14.4 Å². The van der Waals surface area contributed by atoms with Gasteiger partial charge in [0.25, 0.3) is 0 Å². The molecule has 3 atom stereocenters. The van der Waals surface area contributed by atoms with Crippen LogP contribution in [0.2, 0.25) is 5.02 Å². The number of hydrogen-bond acceptors (Lipinski definition) is 6. The van der Waals surface area contributed by atoms with Gasteiger partial charge in [-0.2, -0.15) is 0 Å². The summed E-state index contributed by atoms with van der Waals surface area (Å²) in [5, 5.41) is 3.70. The lowest BCUT2D eigenvalue weighted by atomic mass is 9.69. The Morgan fingerprint density at radius 1 is 1.31 bits per heavy atom. The highest BCUT2D eigenvalue weighted by Gasteiger charge is 2.47. The molecule has 7 heteroatoms. The molecule has 0 saturated heterocycles. The summed E-state index contributed by atoms with van der Waals surface area (Å²) in [7, 11) is 1.27. The van der Waals surface area contributed by atoms with E-state index in [1.165, 1.54) is 7.11 Å². The molecule has 0 amide bonds. The van der Waals surface area contributed by atoms with Gasteiger partial charge in [-0.05, 0) is 43.9 Å². The standard InChI is InChI=1S/C22H24ClNO5/c1-5-29-22(27)17-12(3)24-15-9-11(2)16(21(26)28-4)20(25)19(15)18(17)13-7-6-8-14(23)10-13/h6-8,10-11,16,18,24H,5,9H2,1-4H3/t11-,16+,18+/m0/s1. The molecule has 1 heterocycles. The van der Waals surface area contributed by atoms with Crippen LogP contribution in [-0.4, -0.2) is 31.4 Å². The first-order chi connectivity index (χ1) is 13.8. The molecule has 0 spiro atoms. The van der Waals surface area contributed by atoms with Gasteiger partial charge in [0.2, 0.25) is 0 Å². The van der Waals surface area contributed by atoms with Crippen molar-refractivity contribution in [1.82, 2.24) is 5.32 Å². The lowest BCUT2D eigenvalue weighted by molar-refractivity contribution is -0.151. The number of benzene rings is 1. The Morgan fingerprint density at radius 2 is 2.03 bits per heavy atom. The maximum Gasteiger partial charge on any atom is 0.336 e. The maximum atomic E-state index is 13.5. The van der Waals surface area contributed by atoms with E-state index in [1.54, 1.807) is 32.0 Å². The minimum Gasteiger partial charge on any atom is -0.468 e. The molecule has 0 bridgehead atoms. The molecular formula is C22H24ClNO5. The van der Waals surface area contributed by atoms with Crippen LogP contribution in [0, 0.1) is 11.8 Å². The highest BCUT2D eigenvalue weighted by Crippen LogP contribution is 2.45. The van der Waals surface area contributed by atoms with Crippen LogP contribution in [0.3, 0.4) is 0 Å². The quantitative estimate of drug-likeness (QED) is 0.596. The van der Waals surface area contributed by atoms with Crippen LogP contribution in [0.15, 0.2) is 46.8 Å². The van der Waals surface area contributed by atoms with E-state index >= 15 is 0 Å². The molecule has 1 aromatic carbocycles. The van der Waals surface area contributed by atoms with Gasteiger partial charge >= 0.3 is 11.9 Å². The molecule has 6 nitrogen and oxygen atoms in total. The minimum atomic E-state index is -0.913. The fourth-order valence-electron chi connectivity index (χ4n) is 4.18. The van der Waals surface area contributed by atoms with Crippen molar-refractivity contribution in [1.29, 1.82) is 0 Å². The van der Waals surface area contributed by atoms with E-state index in [1.807, 2.05) is 13.0 Å². The molecule has 2 aliphatic rings. The second-order valence-electron chi connectivity index (χ2n) is 7.31. The predicted molar refractivity (Wildman–Crippen MR) is 108 cm³/mol. The molecule has 3 rings (SSSR count). The van der Waals surface area contributed by atoms with Crippen molar-refractivity contribution in [3.63, 3.8) is 0 Å². The van der Waals surface area contributed by atoms with E-state index in [0.29, 0.717) is 33.9 Å². The van der Waals surface area contributed by atoms with E-state index in [0.717, 1.165) is 5.70 Å². The number of ketones is 1. The number of hydrogen-bond donors (Lipinski definition) is 1. The van der Waals surface area contributed by atoms with Crippen LogP contribution in [0.25, 0.3) is 0 Å². The third-order valence-corrected chi connectivity index (χ3v) is 5.66. The number of ether oxygens (including phenoxy) is 2. The van der Waals surface area contributed by atoms with Gasteiger partial charge < -0.3 is 14.8 Å². The molecule has 1 aliphatic heterocycles. The van der Waals surface area contributed by atoms with Crippen LogP contribution in [0.5, 0.6) is 0 Å². The Kier molecular flexibility index (Phi) is 6.13. The summed E-state index contributed by atoms with van der Waals surface area (Å²) in [6.45, 7) is 5.57. The largest absolute Gasteiger partial charge is 0.468 e. The number of carbonyl (C=O) groups is 3. The number of esters is 2. The minimum absolute atomic E-state index is 0.208. The number of methoxy groups -OCH3 is 1. The summed E-state index contributed by atoms with van der Waals surface area (Å²) in [6, 6.07) is 7.04. The average molecular weight is 418 g/mol. The van der Waals surface area contributed by atoms with Crippen molar-refractivity contribution in [3.05, 3.63) is 57.4 Å². The van der Waals surface area contributed by atoms with Gasteiger partial charge in [0, 0.05) is 27.9 Å². The zero-order chi connectivity index (χ0) is 21.3. The molecule has 0 aromatic heterocycles. The van der Waals surface area contributed by atoms with Gasteiger partial charge in [-0.3, -0.25) is 9.59 Å². The van der Waals surface area contributed by atoms with Gasteiger partial charge in [-0.1, -0.05) is 30.7 Å². The molecule has 0 saturated carbocycles. The lowest BCUT2D eigenvalue weighted by Crippen LogP contribution is -2.43. The highest BCUT2D eigenvalue weighted by atomic mass is 35.5. The fraction of sp³-hybridized carbons (Fsp3) is 0.409. The molecular weight excluding hydrogens is 394 g/mol. The molecule has 1 aromatic rings. The van der Waals surface area contributed by atoms with Crippen LogP contribution < -0.4 is 5.32 Å². The maximum absolute atomic E-state index is 13.5. The first-order valence-electron chi connectivity index (χ1n) is 9.55. The van der Waals surface area contributed by atoms with Gasteiger partial charge in [-0.25, -0.2) is 4.79 Å². The van der Waals surface area contributed by atoms with Crippen molar-refractivity contribution in [3.8, 4) is 0 Å². The number of halogens is 1. The molecule has 154 valence electrons. The van der Waals surface area contributed by atoms with E-state index in [-0.39, 0.29) is 18.3 Å². The van der Waals surface area contributed by atoms with E-state index < -0.39 is 23.8 Å². The molecule has 0 unspecified atom stereocenters. The van der Waals surface area contributed by atoms with E-state index in [2.05, 4.69) is 5.32 Å². The summed E-state index contributed by atoms with van der Waals surface area (Å²) >= 11 is 6.20. The van der Waals surface area contributed by atoms with Crippen LogP contribution in [0.4, 0.5) is 0 Å². The fourth-order valence-corrected chi connectivity index (χ4v) is 4.38. The molecule has 29 heavy (non-hydrogen) atoms. The highest BCUT2D eigenvalue weighted by molar-refractivity contribution is 6.30. The summed E-state index contributed by atoms with van der Waals surface area (Å²) in [4.78, 5) is 38.6. The van der Waals surface area contributed by atoms with Gasteiger partial charge in [0.15, 0.2) is 5.78 Å². The normalized spacial score (nSPS) is 24.0. The number of allylic oxidation sites excluding steroid dienone is 3. The molecule has 1 N–H and O–H groups in total. The van der Waals surface area contributed by atoms with Gasteiger partial charge in [-0.15, -0.1) is 0 Å². The Balaban J connectivity index is 2.19. The van der Waals surface area contributed by atoms with Crippen molar-refractivity contribution in [2.75, 3.05) is 13.7 Å².